The first-order valence-electron chi connectivity index (χ1n) is 16.9. The van der Waals surface area contributed by atoms with Gasteiger partial charge in [-0.15, -0.1) is 0 Å². The molecule has 5 aliphatic carbocycles. The second kappa shape index (κ2) is 9.98. The minimum atomic E-state index is -1.63. The molecule has 6 heteroatoms. The van der Waals surface area contributed by atoms with Crippen molar-refractivity contribution in [1.82, 2.24) is 5.32 Å². The molecule has 1 aromatic carbocycles. The van der Waals surface area contributed by atoms with Crippen LogP contribution in [0.1, 0.15) is 99.0 Å². The number of nitriles is 1. The van der Waals surface area contributed by atoms with E-state index in [2.05, 4.69) is 51.2 Å². The van der Waals surface area contributed by atoms with Gasteiger partial charge in [-0.2, -0.15) is 5.26 Å². The van der Waals surface area contributed by atoms with Gasteiger partial charge >= 0.3 is 0 Å². The van der Waals surface area contributed by atoms with Crippen molar-refractivity contribution in [2.75, 3.05) is 6.54 Å². The second-order valence-electron chi connectivity index (χ2n) is 16.9. The highest BCUT2D eigenvalue weighted by Gasteiger charge is 2.75. The largest absolute Gasteiger partial charge is 0.381 e. The number of nitrogens with one attached hydrogen (secondary N) is 1. The first-order valence-corrected chi connectivity index (χ1v) is 16.9. The maximum Gasteiger partial charge on any atom is 0.225 e. The zero-order valence-electron chi connectivity index (χ0n) is 28.2. The molecular weight excluding hydrogens is 560 g/mol. The van der Waals surface area contributed by atoms with E-state index in [4.69, 9.17) is 0 Å². The van der Waals surface area contributed by atoms with Crippen molar-refractivity contribution in [3.8, 4) is 6.07 Å². The lowest BCUT2D eigenvalue weighted by Crippen LogP contribution is -2.74. The van der Waals surface area contributed by atoms with E-state index < -0.39 is 32.7 Å². The first kappa shape index (κ1) is 31.9. The Morgan fingerprint density at radius 2 is 1.62 bits per heavy atom. The summed E-state index contributed by atoms with van der Waals surface area (Å²) in [6.07, 6.45) is 9.35. The van der Waals surface area contributed by atoms with Gasteiger partial charge in [-0.25, -0.2) is 0 Å². The number of rotatable bonds is 4. The molecule has 8 atom stereocenters. The minimum Gasteiger partial charge on any atom is -0.381 e. The number of nitrogens with zero attached hydrogens (tertiary/aromatic N) is 1. The molecule has 0 spiro atoms. The maximum absolute atomic E-state index is 14.7. The molecule has 0 saturated heterocycles. The van der Waals surface area contributed by atoms with Crippen LogP contribution in [0, 0.1) is 55.7 Å². The Hall–Kier alpha value is -3.04. The maximum atomic E-state index is 14.7. The Bertz CT molecular complexity index is 1570. The standard InChI is InChI=1S/C39H50N2O4/c1-33(2)27-13-15-37(6)28(36(27,5)22-26(24-40)31(33)43)21-30(42)39(45)29-23-35(4,17-16-34(29,3)18-19-38(37,39)7)32(44)41-20-14-25-11-9-8-10-12-25/h8-12,21-22,27,29,45H,13-20,23H2,1-7H3,(H,41,44)/t27-,29+,34+,35-,36-,37+,38-,39+/m0/s1. The van der Waals surface area contributed by atoms with Crippen molar-refractivity contribution in [1.29, 1.82) is 5.26 Å². The lowest BCUT2D eigenvalue weighted by atomic mass is 9.33. The summed E-state index contributed by atoms with van der Waals surface area (Å²) in [5.41, 5.74) is -2.98. The predicted molar refractivity (Wildman–Crippen MR) is 174 cm³/mol. The third kappa shape index (κ3) is 4.11. The molecule has 0 aromatic heterocycles. The third-order valence-corrected chi connectivity index (χ3v) is 14.3. The van der Waals surface area contributed by atoms with Gasteiger partial charge in [0.15, 0.2) is 11.6 Å². The van der Waals surface area contributed by atoms with Gasteiger partial charge in [0.2, 0.25) is 5.91 Å². The van der Waals surface area contributed by atoms with Crippen molar-refractivity contribution in [2.24, 2.45) is 44.3 Å². The minimum absolute atomic E-state index is 0.00153. The number of allylic oxidation sites excluding steroid dienone is 3. The van der Waals surface area contributed by atoms with Gasteiger partial charge in [0.1, 0.15) is 11.7 Å². The van der Waals surface area contributed by atoms with E-state index in [1.54, 1.807) is 6.08 Å². The smallest absolute Gasteiger partial charge is 0.225 e. The second-order valence-corrected chi connectivity index (χ2v) is 16.9. The first-order chi connectivity index (χ1) is 20.9. The number of carbonyl (C=O) groups excluding carboxylic acids is 3. The summed E-state index contributed by atoms with van der Waals surface area (Å²) in [5.74, 6) is -0.824. The van der Waals surface area contributed by atoms with E-state index in [1.165, 1.54) is 5.56 Å². The van der Waals surface area contributed by atoms with Gasteiger partial charge in [0.25, 0.3) is 0 Å². The van der Waals surface area contributed by atoms with Gasteiger partial charge in [0, 0.05) is 34.1 Å². The Morgan fingerprint density at radius 1 is 0.956 bits per heavy atom. The van der Waals surface area contributed by atoms with Gasteiger partial charge in [0.05, 0.1) is 5.57 Å². The van der Waals surface area contributed by atoms with E-state index >= 15 is 0 Å². The molecule has 1 aromatic rings. The molecule has 3 fully saturated rings. The highest BCUT2D eigenvalue weighted by molar-refractivity contribution is 6.05. The van der Waals surface area contributed by atoms with Gasteiger partial charge in [-0.1, -0.05) is 84.9 Å². The summed E-state index contributed by atoms with van der Waals surface area (Å²) in [4.78, 5) is 41.8. The summed E-state index contributed by atoms with van der Waals surface area (Å²) < 4.78 is 0. The van der Waals surface area contributed by atoms with Crippen LogP contribution in [0.25, 0.3) is 0 Å². The highest BCUT2D eigenvalue weighted by atomic mass is 16.3. The van der Waals surface area contributed by atoms with Gasteiger partial charge in [-0.05, 0) is 85.3 Å². The van der Waals surface area contributed by atoms with Crippen LogP contribution in [-0.2, 0) is 20.8 Å². The lowest BCUT2D eigenvalue weighted by molar-refractivity contribution is -0.242. The molecule has 45 heavy (non-hydrogen) atoms. The summed E-state index contributed by atoms with van der Waals surface area (Å²) >= 11 is 0. The SMILES string of the molecule is CC1(C)C(=O)C(C#N)=C[C@]2(C)C3=CC(=O)[C@]4(O)[C@@H]5C[C@@](C)(C(=O)NCCc6ccccc6)CC[C@]5(C)CC[C@@]4(C)[C@]3(C)CC[C@@H]12. The quantitative estimate of drug-likeness (QED) is 0.396. The highest BCUT2D eigenvalue weighted by Crippen LogP contribution is 2.75. The van der Waals surface area contributed by atoms with Crippen LogP contribution in [-0.4, -0.2) is 34.7 Å². The molecular formula is C39H50N2O4. The van der Waals surface area contributed by atoms with Crippen molar-refractivity contribution in [3.05, 3.63) is 59.2 Å². The Kier molecular flexibility index (Phi) is 7.08. The van der Waals surface area contributed by atoms with Crippen LogP contribution in [0.3, 0.4) is 0 Å². The summed E-state index contributed by atoms with van der Waals surface area (Å²) in [6.45, 7) is 15.1. The molecule has 6 rings (SSSR count). The summed E-state index contributed by atoms with van der Waals surface area (Å²) in [6, 6.07) is 12.3. The topological polar surface area (TPSA) is 107 Å². The fourth-order valence-electron chi connectivity index (χ4n) is 11.1. The van der Waals surface area contributed by atoms with Crippen molar-refractivity contribution >= 4 is 17.5 Å². The van der Waals surface area contributed by atoms with Crippen LogP contribution in [0.15, 0.2) is 53.6 Å². The van der Waals surface area contributed by atoms with E-state index in [-0.39, 0.29) is 40.3 Å². The van der Waals surface area contributed by atoms with Crippen molar-refractivity contribution in [3.63, 3.8) is 0 Å². The third-order valence-electron chi connectivity index (χ3n) is 14.3. The summed E-state index contributed by atoms with van der Waals surface area (Å²) in [7, 11) is 0. The van der Waals surface area contributed by atoms with Gasteiger partial charge < -0.3 is 10.4 Å². The molecule has 2 N–H and O–H groups in total. The Labute approximate surface area is 268 Å². The number of ketones is 2. The Balaban J connectivity index is 1.37. The molecule has 0 heterocycles. The van der Waals surface area contributed by atoms with Crippen LogP contribution in [0.5, 0.6) is 0 Å². The average molecular weight is 611 g/mol. The number of amides is 1. The van der Waals surface area contributed by atoms with Crippen molar-refractivity contribution < 1.29 is 19.5 Å². The molecule has 1 amide bonds. The summed E-state index contributed by atoms with van der Waals surface area (Å²) in [5, 5.41) is 26.2. The number of carbonyl (C=O) groups is 3. The molecule has 0 unspecified atom stereocenters. The van der Waals surface area contributed by atoms with E-state index in [0.29, 0.717) is 19.4 Å². The van der Waals surface area contributed by atoms with Crippen LogP contribution < -0.4 is 5.32 Å². The Morgan fingerprint density at radius 3 is 2.29 bits per heavy atom. The fraction of sp³-hybridized carbons (Fsp3) is 0.641. The van der Waals surface area contributed by atoms with Crippen LogP contribution >= 0.6 is 0 Å². The zero-order chi connectivity index (χ0) is 32.8. The molecule has 5 aliphatic rings. The number of benzene rings is 1. The number of Topliss-reactive ketones (excluding diaryl/α,β-unsaturated/α-hetero) is 1. The van der Waals surface area contributed by atoms with Gasteiger partial charge in [-0.3, -0.25) is 14.4 Å². The average Bonchev–Trinajstić information content (AvgIpc) is 3.00. The van der Waals surface area contributed by atoms with E-state index in [9.17, 15) is 24.8 Å². The zero-order valence-corrected chi connectivity index (χ0v) is 28.2. The lowest BCUT2D eigenvalue weighted by Gasteiger charge is -2.71. The molecule has 0 bridgehead atoms. The molecule has 240 valence electrons. The normalized spacial score (nSPS) is 43.4. The molecule has 0 radical (unpaired) electrons. The fourth-order valence-corrected chi connectivity index (χ4v) is 11.1. The molecule has 0 aliphatic heterocycles. The van der Waals surface area contributed by atoms with E-state index in [0.717, 1.165) is 44.1 Å². The van der Waals surface area contributed by atoms with Crippen LogP contribution in [0.4, 0.5) is 0 Å². The van der Waals surface area contributed by atoms with E-state index in [1.807, 2.05) is 45.0 Å². The number of hydrogen-bond donors (Lipinski definition) is 2. The van der Waals surface area contributed by atoms with Crippen molar-refractivity contribution in [2.45, 2.75) is 105 Å². The molecule has 3 saturated carbocycles. The predicted octanol–water partition coefficient (Wildman–Crippen LogP) is 6.68. The number of hydrogen-bond acceptors (Lipinski definition) is 5. The molecule has 6 nitrogen and oxygen atoms in total. The number of aliphatic hydroxyl groups is 1. The van der Waals surface area contributed by atoms with Crippen LogP contribution in [0.2, 0.25) is 0 Å². The number of fused-ring (bicyclic) bond motifs is 7. The monoisotopic (exact) mass is 610 g/mol.